The van der Waals surface area contributed by atoms with Crippen LogP contribution in [0.25, 0.3) is 0 Å². The van der Waals surface area contributed by atoms with Crippen molar-refractivity contribution in [3.05, 3.63) is 23.8 Å². The average Bonchev–Trinajstić information content (AvgIpc) is 2.43. The Balaban J connectivity index is 2.39. The maximum Gasteiger partial charge on any atom is 0.446 e. The molecule has 1 atom stereocenters. The topological polar surface area (TPSA) is 72.8 Å². The number of rotatable bonds is 2. The summed E-state index contributed by atoms with van der Waals surface area (Å²) in [5.41, 5.74) is 0.878. The van der Waals surface area contributed by atoms with Gasteiger partial charge in [-0.15, -0.1) is 0 Å². The smallest absolute Gasteiger partial charge is 0.446 e. The molecule has 2 rings (SSSR count). The summed E-state index contributed by atoms with van der Waals surface area (Å²) in [5, 5.41) is 0. The van der Waals surface area contributed by atoms with Crippen LogP contribution < -0.4 is 8.92 Å². The van der Waals surface area contributed by atoms with Crippen LogP contribution in [-0.2, 0) is 16.8 Å². The van der Waals surface area contributed by atoms with Crippen LogP contribution in [0.3, 0.4) is 0 Å². The molecule has 5 nitrogen and oxygen atoms in total. The Labute approximate surface area is 87.6 Å². The van der Waals surface area contributed by atoms with Crippen molar-refractivity contribution in [1.82, 2.24) is 0 Å². The molecule has 0 fully saturated rings. The Hall–Kier alpha value is -1.27. The molecule has 1 aliphatic heterocycles. The minimum absolute atomic E-state index is 0.00820. The first kappa shape index (κ1) is 10.3. The summed E-state index contributed by atoms with van der Waals surface area (Å²) in [5.74, 6) is 0.418. The van der Waals surface area contributed by atoms with Gasteiger partial charge in [0, 0.05) is 12.0 Å². The molecule has 1 heterocycles. The van der Waals surface area contributed by atoms with Crippen molar-refractivity contribution in [2.24, 2.45) is 0 Å². The summed E-state index contributed by atoms with van der Waals surface area (Å²) >= 11 is 0. The highest BCUT2D eigenvalue weighted by Crippen LogP contribution is 2.38. The molecule has 0 saturated carbocycles. The average molecular weight is 230 g/mol. The molecule has 0 bridgehead atoms. The third-order valence-corrected chi connectivity index (χ3v) is 2.47. The van der Waals surface area contributed by atoms with Crippen LogP contribution in [0.1, 0.15) is 12.5 Å². The molecule has 1 unspecified atom stereocenters. The Kier molecular flexibility index (Phi) is 2.32. The Bertz CT molecular complexity index is 479. The first-order valence-electron chi connectivity index (χ1n) is 4.41. The van der Waals surface area contributed by atoms with E-state index in [-0.39, 0.29) is 11.9 Å². The van der Waals surface area contributed by atoms with E-state index in [1.807, 2.05) is 13.0 Å². The quantitative estimate of drug-likeness (QED) is 0.772. The maximum atomic E-state index is 10.6. The monoisotopic (exact) mass is 230 g/mol. The van der Waals surface area contributed by atoms with E-state index in [0.717, 1.165) is 5.56 Å². The van der Waals surface area contributed by atoms with Crippen molar-refractivity contribution in [1.29, 1.82) is 0 Å². The summed E-state index contributed by atoms with van der Waals surface area (Å²) in [7, 11) is -4.50. The largest absolute Gasteiger partial charge is 0.486 e. The number of hydrogen-bond donors (Lipinski definition) is 1. The highest BCUT2D eigenvalue weighted by molar-refractivity contribution is 7.81. The van der Waals surface area contributed by atoms with Crippen LogP contribution >= 0.6 is 0 Å². The van der Waals surface area contributed by atoms with Crippen molar-refractivity contribution in [2.75, 3.05) is 0 Å². The number of ether oxygens (including phenoxy) is 1. The Morgan fingerprint density at radius 3 is 2.93 bits per heavy atom. The van der Waals surface area contributed by atoms with E-state index >= 15 is 0 Å². The lowest BCUT2D eigenvalue weighted by molar-refractivity contribution is 0.247. The minimum atomic E-state index is -4.50. The van der Waals surface area contributed by atoms with E-state index in [4.69, 9.17) is 9.29 Å². The molecular formula is C9H10O5S. The second kappa shape index (κ2) is 3.39. The minimum Gasteiger partial charge on any atom is -0.486 e. The summed E-state index contributed by atoms with van der Waals surface area (Å²) in [6, 6.07) is 4.92. The summed E-state index contributed by atoms with van der Waals surface area (Å²) in [6.07, 6.45) is 0.698. The van der Waals surface area contributed by atoms with Crippen molar-refractivity contribution in [2.45, 2.75) is 19.4 Å². The van der Waals surface area contributed by atoms with E-state index in [1.54, 1.807) is 6.07 Å². The van der Waals surface area contributed by atoms with Crippen LogP contribution in [0.15, 0.2) is 18.2 Å². The molecule has 1 aliphatic rings. The first-order valence-corrected chi connectivity index (χ1v) is 5.77. The third kappa shape index (κ3) is 2.21. The fraction of sp³-hybridized carbons (Fsp3) is 0.333. The van der Waals surface area contributed by atoms with Gasteiger partial charge in [0.05, 0.1) is 0 Å². The van der Waals surface area contributed by atoms with Crippen molar-refractivity contribution < 1.29 is 21.9 Å². The lowest BCUT2D eigenvalue weighted by atomic mass is 10.1. The maximum absolute atomic E-state index is 10.6. The Morgan fingerprint density at radius 1 is 1.53 bits per heavy atom. The van der Waals surface area contributed by atoms with Gasteiger partial charge >= 0.3 is 10.4 Å². The number of hydrogen-bond acceptors (Lipinski definition) is 4. The molecular weight excluding hydrogens is 220 g/mol. The molecule has 82 valence electrons. The van der Waals surface area contributed by atoms with E-state index in [0.29, 0.717) is 12.2 Å². The molecule has 6 heteroatoms. The van der Waals surface area contributed by atoms with E-state index < -0.39 is 10.4 Å². The molecule has 15 heavy (non-hydrogen) atoms. The van der Waals surface area contributed by atoms with Gasteiger partial charge in [-0.2, -0.15) is 8.42 Å². The molecule has 0 spiro atoms. The normalized spacial score (nSPS) is 19.5. The van der Waals surface area contributed by atoms with Crippen LogP contribution in [0.4, 0.5) is 0 Å². The fourth-order valence-electron chi connectivity index (χ4n) is 1.59. The van der Waals surface area contributed by atoms with Crippen LogP contribution in [0, 0.1) is 0 Å². The van der Waals surface area contributed by atoms with Gasteiger partial charge in [0.25, 0.3) is 0 Å². The van der Waals surface area contributed by atoms with E-state index in [2.05, 4.69) is 4.18 Å². The van der Waals surface area contributed by atoms with Gasteiger partial charge in [-0.05, 0) is 13.0 Å². The van der Waals surface area contributed by atoms with Gasteiger partial charge in [-0.25, -0.2) is 0 Å². The zero-order valence-electron chi connectivity index (χ0n) is 8.00. The molecule has 0 saturated heterocycles. The predicted molar refractivity (Wildman–Crippen MR) is 52.4 cm³/mol. The molecule has 0 aromatic heterocycles. The lowest BCUT2D eigenvalue weighted by Gasteiger charge is -2.07. The summed E-state index contributed by atoms with van der Waals surface area (Å²) in [4.78, 5) is 0. The van der Waals surface area contributed by atoms with Crippen LogP contribution in [-0.4, -0.2) is 19.1 Å². The van der Waals surface area contributed by atoms with Gasteiger partial charge in [-0.3, -0.25) is 4.55 Å². The molecule has 1 N–H and O–H groups in total. The van der Waals surface area contributed by atoms with Gasteiger partial charge in [0.15, 0.2) is 11.5 Å². The number of benzene rings is 1. The highest BCUT2D eigenvalue weighted by Gasteiger charge is 2.24. The third-order valence-electron chi connectivity index (χ3n) is 2.08. The number of fused-ring (bicyclic) bond motifs is 1. The van der Waals surface area contributed by atoms with Crippen molar-refractivity contribution >= 4 is 10.4 Å². The molecule has 0 amide bonds. The second-order valence-electron chi connectivity index (χ2n) is 3.39. The van der Waals surface area contributed by atoms with E-state index in [1.165, 1.54) is 6.07 Å². The molecule has 0 aliphatic carbocycles. The summed E-state index contributed by atoms with van der Waals surface area (Å²) < 4.78 is 39.5. The lowest BCUT2D eigenvalue weighted by Crippen LogP contribution is -2.09. The van der Waals surface area contributed by atoms with Crippen molar-refractivity contribution in [3.8, 4) is 11.5 Å². The predicted octanol–water partition coefficient (Wildman–Crippen LogP) is 1.19. The van der Waals surface area contributed by atoms with E-state index in [9.17, 15) is 8.42 Å². The number of para-hydroxylation sites is 1. The standard InChI is InChI=1S/C9H10O5S/c1-6-5-7-3-2-4-8(9(7)13-6)14-15(10,11)12/h2-4,6H,5H2,1H3,(H,10,11,12). The highest BCUT2D eigenvalue weighted by atomic mass is 32.3. The second-order valence-corrected chi connectivity index (χ2v) is 4.41. The van der Waals surface area contributed by atoms with Crippen LogP contribution in [0.5, 0.6) is 11.5 Å². The van der Waals surface area contributed by atoms with Gasteiger partial charge in [0.1, 0.15) is 6.10 Å². The van der Waals surface area contributed by atoms with Crippen LogP contribution in [0.2, 0.25) is 0 Å². The van der Waals surface area contributed by atoms with Crippen molar-refractivity contribution in [3.63, 3.8) is 0 Å². The fourth-order valence-corrected chi connectivity index (χ4v) is 1.95. The van der Waals surface area contributed by atoms with Gasteiger partial charge in [-0.1, -0.05) is 12.1 Å². The SMILES string of the molecule is CC1Cc2cccc(OS(=O)(=O)O)c2O1. The summed E-state index contributed by atoms with van der Waals surface area (Å²) in [6.45, 7) is 1.87. The van der Waals surface area contributed by atoms with Gasteiger partial charge < -0.3 is 8.92 Å². The molecule has 0 radical (unpaired) electrons. The molecule has 1 aromatic carbocycles. The molecule has 1 aromatic rings. The zero-order chi connectivity index (χ0) is 11.1. The Morgan fingerprint density at radius 2 is 2.27 bits per heavy atom. The van der Waals surface area contributed by atoms with Gasteiger partial charge in [0.2, 0.25) is 0 Å². The zero-order valence-corrected chi connectivity index (χ0v) is 8.82. The first-order chi connectivity index (χ1) is 6.96.